The maximum absolute atomic E-state index is 10.0. The summed E-state index contributed by atoms with van der Waals surface area (Å²) >= 11 is 0. The Hall–Kier alpha value is -1.06. The molecule has 1 aromatic carbocycles. The molecule has 0 aliphatic carbocycles. The molecule has 3 heteroatoms. The molecule has 1 atom stereocenters. The summed E-state index contributed by atoms with van der Waals surface area (Å²) in [6, 6.07) is 8.07. The molecular formula is C14H21NO2. The van der Waals surface area contributed by atoms with E-state index >= 15 is 0 Å². The predicted octanol–water partition coefficient (Wildman–Crippen LogP) is 2.04. The zero-order valence-corrected chi connectivity index (χ0v) is 10.4. The molecule has 17 heavy (non-hydrogen) atoms. The van der Waals surface area contributed by atoms with E-state index in [1.54, 1.807) is 7.11 Å². The molecule has 2 rings (SSSR count). The van der Waals surface area contributed by atoms with Gasteiger partial charge in [0.15, 0.2) is 0 Å². The minimum Gasteiger partial charge on any atom is -0.497 e. The fourth-order valence-corrected chi connectivity index (χ4v) is 2.31. The Bertz CT molecular complexity index is 331. The van der Waals surface area contributed by atoms with Crippen molar-refractivity contribution in [3.05, 3.63) is 29.8 Å². The van der Waals surface area contributed by atoms with Gasteiger partial charge in [-0.1, -0.05) is 12.1 Å². The van der Waals surface area contributed by atoms with E-state index in [0.29, 0.717) is 0 Å². The van der Waals surface area contributed by atoms with Crippen LogP contribution in [-0.4, -0.2) is 36.4 Å². The van der Waals surface area contributed by atoms with Crippen molar-refractivity contribution in [3.8, 4) is 5.75 Å². The smallest absolute Gasteiger partial charge is 0.118 e. The summed E-state index contributed by atoms with van der Waals surface area (Å²) < 4.78 is 5.12. The molecule has 1 aliphatic heterocycles. The summed E-state index contributed by atoms with van der Waals surface area (Å²) in [5, 5.41) is 10.0. The average Bonchev–Trinajstić information content (AvgIpc) is 2.90. The number of aryl methyl sites for hydroxylation is 1. The van der Waals surface area contributed by atoms with Gasteiger partial charge >= 0.3 is 0 Å². The van der Waals surface area contributed by atoms with Crippen LogP contribution < -0.4 is 4.74 Å². The first-order valence-corrected chi connectivity index (χ1v) is 6.34. The van der Waals surface area contributed by atoms with Crippen molar-refractivity contribution >= 4 is 0 Å². The summed E-state index contributed by atoms with van der Waals surface area (Å²) in [5.41, 5.74) is 1.25. The third kappa shape index (κ3) is 3.45. The van der Waals surface area contributed by atoms with Crippen LogP contribution in [0.5, 0.6) is 5.75 Å². The van der Waals surface area contributed by atoms with Crippen LogP contribution in [0.1, 0.15) is 24.8 Å². The first kappa shape index (κ1) is 12.4. The lowest BCUT2D eigenvalue weighted by Crippen LogP contribution is -2.32. The van der Waals surface area contributed by atoms with E-state index in [2.05, 4.69) is 17.0 Å². The van der Waals surface area contributed by atoms with Crippen LogP contribution in [0.2, 0.25) is 0 Å². The molecule has 0 bridgehead atoms. The second-order valence-electron chi connectivity index (χ2n) is 4.61. The summed E-state index contributed by atoms with van der Waals surface area (Å²) in [5.74, 6) is 0.883. The summed E-state index contributed by atoms with van der Waals surface area (Å²) in [4.78, 5) is 2.17. The van der Waals surface area contributed by atoms with E-state index in [1.807, 2.05) is 12.1 Å². The second kappa shape index (κ2) is 6.03. The molecule has 3 nitrogen and oxygen atoms in total. The number of nitrogens with zero attached hydrogens (tertiary/aromatic N) is 1. The van der Waals surface area contributed by atoms with Crippen LogP contribution in [0.15, 0.2) is 24.3 Å². The van der Waals surface area contributed by atoms with Gasteiger partial charge in [-0.3, -0.25) is 4.90 Å². The van der Waals surface area contributed by atoms with E-state index < -0.39 is 0 Å². The molecule has 0 aromatic heterocycles. The monoisotopic (exact) mass is 235 g/mol. The number of aliphatic hydroxyl groups is 1. The molecule has 1 fully saturated rings. The van der Waals surface area contributed by atoms with Gasteiger partial charge in [0.05, 0.1) is 7.11 Å². The van der Waals surface area contributed by atoms with Gasteiger partial charge in [0, 0.05) is 13.1 Å². The highest BCUT2D eigenvalue weighted by Crippen LogP contribution is 2.16. The lowest BCUT2D eigenvalue weighted by Gasteiger charge is -2.22. The van der Waals surface area contributed by atoms with E-state index in [4.69, 9.17) is 4.74 Å². The Balaban J connectivity index is 1.80. The molecule has 1 heterocycles. The van der Waals surface area contributed by atoms with Gasteiger partial charge in [0.2, 0.25) is 0 Å². The van der Waals surface area contributed by atoms with Gasteiger partial charge in [-0.15, -0.1) is 0 Å². The molecule has 1 aliphatic rings. The maximum Gasteiger partial charge on any atom is 0.118 e. The summed E-state index contributed by atoms with van der Waals surface area (Å²) in [7, 11) is 1.67. The van der Waals surface area contributed by atoms with Gasteiger partial charge in [-0.25, -0.2) is 0 Å². The Kier molecular flexibility index (Phi) is 4.40. The lowest BCUT2D eigenvalue weighted by molar-refractivity contribution is 0.0144. The highest BCUT2D eigenvalue weighted by molar-refractivity contribution is 5.27. The number of hydrogen-bond acceptors (Lipinski definition) is 3. The highest BCUT2D eigenvalue weighted by Gasteiger charge is 2.18. The number of hydrogen-bond donors (Lipinski definition) is 1. The first-order chi connectivity index (χ1) is 8.29. The van der Waals surface area contributed by atoms with Crippen molar-refractivity contribution < 1.29 is 9.84 Å². The quantitative estimate of drug-likeness (QED) is 0.847. The molecule has 0 saturated carbocycles. The Morgan fingerprint density at radius 3 is 2.47 bits per heavy atom. The fraction of sp³-hybridized carbons (Fsp3) is 0.571. The Labute approximate surface area is 103 Å². The fourth-order valence-electron chi connectivity index (χ4n) is 2.31. The van der Waals surface area contributed by atoms with E-state index in [9.17, 15) is 5.11 Å². The standard InChI is InChI=1S/C14H21NO2/c1-17-13-7-4-12(5-8-13)6-9-14(16)15-10-2-3-11-15/h4-5,7-8,14,16H,2-3,6,9-11H2,1H3. The van der Waals surface area contributed by atoms with Gasteiger partial charge < -0.3 is 9.84 Å². The van der Waals surface area contributed by atoms with Gasteiger partial charge in [-0.2, -0.15) is 0 Å². The van der Waals surface area contributed by atoms with Gasteiger partial charge in [-0.05, 0) is 43.4 Å². The van der Waals surface area contributed by atoms with Crippen LogP contribution in [0.3, 0.4) is 0 Å². The number of aliphatic hydroxyl groups excluding tert-OH is 1. The topological polar surface area (TPSA) is 32.7 Å². The Morgan fingerprint density at radius 1 is 1.24 bits per heavy atom. The number of rotatable bonds is 5. The highest BCUT2D eigenvalue weighted by atomic mass is 16.5. The van der Waals surface area contributed by atoms with E-state index in [0.717, 1.165) is 31.7 Å². The molecule has 1 saturated heterocycles. The summed E-state index contributed by atoms with van der Waals surface area (Å²) in [6.07, 6.45) is 3.90. The third-order valence-corrected chi connectivity index (χ3v) is 3.41. The van der Waals surface area contributed by atoms with Crippen molar-refractivity contribution in [2.75, 3.05) is 20.2 Å². The molecule has 94 valence electrons. The molecule has 0 amide bonds. The van der Waals surface area contributed by atoms with Crippen molar-refractivity contribution in [2.24, 2.45) is 0 Å². The largest absolute Gasteiger partial charge is 0.497 e. The van der Waals surface area contributed by atoms with Crippen molar-refractivity contribution in [1.29, 1.82) is 0 Å². The van der Waals surface area contributed by atoms with Gasteiger partial charge in [0.1, 0.15) is 12.0 Å². The first-order valence-electron chi connectivity index (χ1n) is 6.34. The minimum absolute atomic E-state index is 0.278. The van der Waals surface area contributed by atoms with Crippen molar-refractivity contribution in [2.45, 2.75) is 31.9 Å². The van der Waals surface area contributed by atoms with Crippen LogP contribution in [0.4, 0.5) is 0 Å². The number of benzene rings is 1. The van der Waals surface area contributed by atoms with Crippen LogP contribution >= 0.6 is 0 Å². The molecular weight excluding hydrogens is 214 g/mol. The van der Waals surface area contributed by atoms with Gasteiger partial charge in [0.25, 0.3) is 0 Å². The summed E-state index contributed by atoms with van der Waals surface area (Å²) in [6.45, 7) is 2.09. The molecule has 0 spiro atoms. The molecule has 0 radical (unpaired) electrons. The third-order valence-electron chi connectivity index (χ3n) is 3.41. The average molecular weight is 235 g/mol. The van der Waals surface area contributed by atoms with Crippen LogP contribution in [-0.2, 0) is 6.42 Å². The maximum atomic E-state index is 10.0. The molecule has 1 unspecified atom stereocenters. The van der Waals surface area contributed by atoms with E-state index in [1.165, 1.54) is 18.4 Å². The zero-order valence-electron chi connectivity index (χ0n) is 10.4. The predicted molar refractivity (Wildman–Crippen MR) is 68.1 cm³/mol. The van der Waals surface area contributed by atoms with Crippen molar-refractivity contribution in [3.63, 3.8) is 0 Å². The number of ether oxygens (including phenoxy) is 1. The molecule has 1 aromatic rings. The second-order valence-corrected chi connectivity index (χ2v) is 4.61. The Morgan fingerprint density at radius 2 is 1.88 bits per heavy atom. The molecule has 1 N–H and O–H groups in total. The lowest BCUT2D eigenvalue weighted by atomic mass is 10.1. The normalized spacial score (nSPS) is 18.2. The van der Waals surface area contributed by atoms with Crippen LogP contribution in [0, 0.1) is 0 Å². The van der Waals surface area contributed by atoms with Crippen molar-refractivity contribution in [1.82, 2.24) is 4.90 Å². The zero-order chi connectivity index (χ0) is 12.1. The number of likely N-dealkylation sites (tertiary alicyclic amines) is 1. The SMILES string of the molecule is COc1ccc(CCC(O)N2CCCC2)cc1. The number of methoxy groups -OCH3 is 1. The van der Waals surface area contributed by atoms with Crippen LogP contribution in [0.25, 0.3) is 0 Å². The minimum atomic E-state index is -0.278. The van der Waals surface area contributed by atoms with E-state index in [-0.39, 0.29) is 6.23 Å².